The van der Waals surface area contributed by atoms with E-state index in [0.717, 1.165) is 4.88 Å². The molecule has 1 atom stereocenters. The average Bonchev–Trinajstić information content (AvgIpc) is 2.59. The molecular formula is C10H8FNOS. The molecule has 0 aromatic carbocycles. The molecule has 1 aliphatic rings. The van der Waals surface area contributed by atoms with Crippen LogP contribution in [0.3, 0.4) is 0 Å². The van der Waals surface area contributed by atoms with Gasteiger partial charge in [0.25, 0.3) is 0 Å². The summed E-state index contributed by atoms with van der Waals surface area (Å²) in [7, 11) is 0. The van der Waals surface area contributed by atoms with Crippen LogP contribution in [-0.2, 0) is 11.2 Å². The number of hydrogen-bond donors (Lipinski definition) is 0. The lowest BCUT2D eigenvalue weighted by Crippen LogP contribution is -2.02. The fourth-order valence-corrected chi connectivity index (χ4v) is 2.29. The predicted octanol–water partition coefficient (Wildman–Crippen LogP) is 2.48. The lowest BCUT2D eigenvalue weighted by Gasteiger charge is -1.99. The van der Waals surface area contributed by atoms with E-state index in [1.54, 1.807) is 6.08 Å². The summed E-state index contributed by atoms with van der Waals surface area (Å²) in [5.41, 5.74) is 0.717. The molecule has 2 nitrogen and oxygen atoms in total. The first-order chi connectivity index (χ1) is 6.70. The maximum absolute atomic E-state index is 13.2. The second kappa shape index (κ2) is 3.46. The van der Waals surface area contributed by atoms with Gasteiger partial charge >= 0.3 is 0 Å². The van der Waals surface area contributed by atoms with Crippen molar-refractivity contribution in [1.29, 1.82) is 0 Å². The Hall–Kier alpha value is -1.29. The predicted molar refractivity (Wildman–Crippen MR) is 53.9 cm³/mol. The molecule has 4 heteroatoms. The third kappa shape index (κ3) is 1.53. The van der Waals surface area contributed by atoms with Gasteiger partial charge in [-0.25, -0.2) is 9.37 Å². The summed E-state index contributed by atoms with van der Waals surface area (Å²) in [5.74, 6) is 0.0433. The van der Waals surface area contributed by atoms with Crippen molar-refractivity contribution in [1.82, 2.24) is 4.98 Å². The van der Waals surface area contributed by atoms with E-state index in [0.29, 0.717) is 17.1 Å². The van der Waals surface area contributed by atoms with Gasteiger partial charge < -0.3 is 0 Å². The standard InChI is InChI=1S/C10H8FNOS/c1-2-7(11)10-12-8-4-3-6(13)5-9(8)14-10/h2-4,7H,1,5H2. The highest BCUT2D eigenvalue weighted by molar-refractivity contribution is 7.12. The molecule has 1 aliphatic carbocycles. The lowest BCUT2D eigenvalue weighted by atomic mass is 10.1. The van der Waals surface area contributed by atoms with Crippen LogP contribution < -0.4 is 0 Å². The van der Waals surface area contributed by atoms with Crippen LogP contribution >= 0.6 is 11.3 Å². The molecule has 72 valence electrons. The van der Waals surface area contributed by atoms with Gasteiger partial charge in [-0.1, -0.05) is 12.7 Å². The largest absolute Gasteiger partial charge is 0.294 e. The van der Waals surface area contributed by atoms with Crippen molar-refractivity contribution in [2.45, 2.75) is 12.6 Å². The fourth-order valence-electron chi connectivity index (χ4n) is 1.25. The van der Waals surface area contributed by atoms with Gasteiger partial charge in [-0.15, -0.1) is 11.3 Å². The zero-order chi connectivity index (χ0) is 10.1. The minimum Gasteiger partial charge on any atom is -0.294 e. The van der Waals surface area contributed by atoms with Crippen LogP contribution in [0.2, 0.25) is 0 Å². The zero-order valence-corrected chi connectivity index (χ0v) is 8.18. The number of nitrogens with zero attached hydrogens (tertiary/aromatic N) is 1. The molecule has 1 unspecified atom stereocenters. The van der Waals surface area contributed by atoms with Crippen molar-refractivity contribution in [2.24, 2.45) is 0 Å². The number of allylic oxidation sites excluding steroid dienone is 2. The van der Waals surface area contributed by atoms with Crippen molar-refractivity contribution in [2.75, 3.05) is 0 Å². The Morgan fingerprint density at radius 3 is 3.14 bits per heavy atom. The van der Waals surface area contributed by atoms with Crippen LogP contribution in [0, 0.1) is 0 Å². The number of carbonyl (C=O) groups excluding carboxylic acids is 1. The Bertz CT molecular complexity index is 422. The number of halogens is 1. The summed E-state index contributed by atoms with van der Waals surface area (Å²) in [6.45, 7) is 3.36. The van der Waals surface area contributed by atoms with Crippen LogP contribution in [-0.4, -0.2) is 10.8 Å². The van der Waals surface area contributed by atoms with Gasteiger partial charge in [0, 0.05) is 11.3 Å². The normalized spacial score (nSPS) is 16.5. The second-order valence-corrected chi connectivity index (χ2v) is 4.09. The molecule has 0 radical (unpaired) electrons. The third-order valence-electron chi connectivity index (χ3n) is 1.95. The van der Waals surface area contributed by atoms with Crippen LogP contribution in [0.15, 0.2) is 18.7 Å². The summed E-state index contributed by atoms with van der Waals surface area (Å²) in [4.78, 5) is 16.0. The highest BCUT2D eigenvalue weighted by Gasteiger charge is 2.18. The molecule has 0 saturated heterocycles. The van der Waals surface area contributed by atoms with Gasteiger partial charge in [0.1, 0.15) is 5.01 Å². The van der Waals surface area contributed by atoms with Gasteiger partial charge in [-0.2, -0.15) is 0 Å². The minimum absolute atomic E-state index is 0.0433. The number of alkyl halides is 1. The van der Waals surface area contributed by atoms with E-state index in [1.165, 1.54) is 23.5 Å². The zero-order valence-electron chi connectivity index (χ0n) is 7.37. The van der Waals surface area contributed by atoms with Gasteiger partial charge in [-0.3, -0.25) is 4.79 Å². The Balaban J connectivity index is 2.38. The number of hydrogen-bond acceptors (Lipinski definition) is 3. The summed E-state index contributed by atoms with van der Waals surface area (Å²) in [6, 6.07) is 0. The van der Waals surface area contributed by atoms with Crippen LogP contribution in [0.5, 0.6) is 0 Å². The van der Waals surface area contributed by atoms with Gasteiger partial charge in [0.15, 0.2) is 12.0 Å². The third-order valence-corrected chi connectivity index (χ3v) is 3.07. The molecule has 1 heterocycles. The highest BCUT2D eigenvalue weighted by atomic mass is 32.1. The van der Waals surface area contributed by atoms with Crippen molar-refractivity contribution in [3.8, 4) is 0 Å². The Morgan fingerprint density at radius 1 is 1.64 bits per heavy atom. The van der Waals surface area contributed by atoms with Gasteiger partial charge in [0.05, 0.1) is 5.69 Å². The Labute approximate surface area is 84.8 Å². The van der Waals surface area contributed by atoms with Gasteiger partial charge in [-0.05, 0) is 12.2 Å². The first-order valence-corrected chi connectivity index (χ1v) is 4.99. The number of aromatic nitrogens is 1. The van der Waals surface area contributed by atoms with E-state index < -0.39 is 6.17 Å². The van der Waals surface area contributed by atoms with Crippen molar-refractivity contribution in [3.05, 3.63) is 34.3 Å². The molecule has 1 aromatic heterocycles. The molecule has 0 saturated carbocycles. The van der Waals surface area contributed by atoms with Crippen molar-refractivity contribution < 1.29 is 9.18 Å². The Kier molecular flexibility index (Phi) is 2.29. The molecule has 0 amide bonds. The van der Waals surface area contributed by atoms with Crippen LogP contribution in [0.4, 0.5) is 4.39 Å². The molecule has 0 fully saturated rings. The molecule has 1 aromatic rings. The number of ketones is 1. The van der Waals surface area contributed by atoms with E-state index in [4.69, 9.17) is 0 Å². The molecule has 0 N–H and O–H groups in total. The number of thiazole rings is 1. The van der Waals surface area contributed by atoms with E-state index >= 15 is 0 Å². The molecule has 0 bridgehead atoms. The first-order valence-electron chi connectivity index (χ1n) is 4.18. The van der Waals surface area contributed by atoms with Crippen LogP contribution in [0.1, 0.15) is 21.8 Å². The van der Waals surface area contributed by atoms with Crippen molar-refractivity contribution >= 4 is 23.2 Å². The second-order valence-electron chi connectivity index (χ2n) is 2.97. The lowest BCUT2D eigenvalue weighted by molar-refractivity contribution is -0.114. The molecule has 0 aliphatic heterocycles. The topological polar surface area (TPSA) is 30.0 Å². The highest BCUT2D eigenvalue weighted by Crippen LogP contribution is 2.29. The van der Waals surface area contributed by atoms with Crippen molar-refractivity contribution in [3.63, 3.8) is 0 Å². The number of rotatable bonds is 2. The summed E-state index contributed by atoms with van der Waals surface area (Å²) >= 11 is 1.24. The maximum Gasteiger partial charge on any atom is 0.169 e. The average molecular weight is 209 g/mol. The molecular weight excluding hydrogens is 201 g/mol. The maximum atomic E-state index is 13.2. The summed E-state index contributed by atoms with van der Waals surface area (Å²) in [5, 5.41) is 0.379. The summed E-state index contributed by atoms with van der Waals surface area (Å²) < 4.78 is 13.2. The number of fused-ring (bicyclic) bond motifs is 1. The minimum atomic E-state index is -1.23. The summed E-state index contributed by atoms with van der Waals surface area (Å²) in [6.07, 6.45) is 3.43. The van der Waals surface area contributed by atoms with E-state index in [2.05, 4.69) is 11.6 Å². The quantitative estimate of drug-likeness (QED) is 0.700. The van der Waals surface area contributed by atoms with E-state index in [9.17, 15) is 9.18 Å². The first kappa shape index (κ1) is 9.27. The monoisotopic (exact) mass is 209 g/mol. The Morgan fingerprint density at radius 2 is 2.43 bits per heavy atom. The fraction of sp³-hybridized carbons (Fsp3) is 0.200. The van der Waals surface area contributed by atoms with Crippen LogP contribution in [0.25, 0.3) is 6.08 Å². The SMILES string of the molecule is C=CC(F)c1nc2c(s1)CC(=O)C=C2. The molecule has 14 heavy (non-hydrogen) atoms. The van der Waals surface area contributed by atoms with Gasteiger partial charge in [0.2, 0.25) is 0 Å². The van der Waals surface area contributed by atoms with E-state index in [-0.39, 0.29) is 5.78 Å². The number of carbonyl (C=O) groups is 1. The molecule has 0 spiro atoms. The van der Waals surface area contributed by atoms with E-state index in [1.807, 2.05) is 0 Å². The molecule has 2 rings (SSSR count). The smallest absolute Gasteiger partial charge is 0.169 e.